The quantitative estimate of drug-likeness (QED) is 0.432. The molecular formula is C14H30N. The molecule has 1 heteroatoms. The van der Waals surface area contributed by atoms with Gasteiger partial charge in [-0.2, -0.15) is 0 Å². The molecule has 0 amide bonds. The summed E-state index contributed by atoms with van der Waals surface area (Å²) >= 11 is 0. The van der Waals surface area contributed by atoms with Crippen molar-refractivity contribution in [1.29, 1.82) is 0 Å². The van der Waals surface area contributed by atoms with E-state index in [-0.39, 0.29) is 6.04 Å². The molecule has 0 aliphatic rings. The summed E-state index contributed by atoms with van der Waals surface area (Å²) in [5.74, 6) is 0. The van der Waals surface area contributed by atoms with Crippen LogP contribution in [-0.4, -0.2) is 6.04 Å². The third-order valence-electron chi connectivity index (χ3n) is 2.99. The van der Waals surface area contributed by atoms with Crippen molar-refractivity contribution in [3.63, 3.8) is 0 Å². The smallest absolute Gasteiger partial charge is 0.0184 e. The van der Waals surface area contributed by atoms with Crippen LogP contribution in [0.25, 0.3) is 0 Å². The molecule has 0 spiro atoms. The van der Waals surface area contributed by atoms with Gasteiger partial charge in [0.2, 0.25) is 0 Å². The minimum Gasteiger partial charge on any atom is -0.255 e. The van der Waals surface area contributed by atoms with E-state index in [9.17, 15) is 0 Å². The Hall–Kier alpha value is -0.0400. The van der Waals surface area contributed by atoms with Crippen molar-refractivity contribution in [2.24, 2.45) is 0 Å². The first-order valence-corrected chi connectivity index (χ1v) is 6.98. The summed E-state index contributed by atoms with van der Waals surface area (Å²) in [6.07, 6.45) is 15.0. The minimum absolute atomic E-state index is 0.152. The Balaban J connectivity index is 2.87. The van der Waals surface area contributed by atoms with Crippen molar-refractivity contribution in [3.8, 4) is 0 Å². The lowest BCUT2D eigenvalue weighted by molar-refractivity contribution is 0.529. The predicted octanol–water partition coefficient (Wildman–Crippen LogP) is 4.97. The second-order valence-corrected chi connectivity index (χ2v) is 4.87. The Bertz CT molecular complexity index is 110. The van der Waals surface area contributed by atoms with Crippen LogP contribution in [0.4, 0.5) is 0 Å². The molecule has 0 aromatic heterocycles. The molecule has 0 saturated carbocycles. The standard InChI is InChI=1S/C14H30N/c1-3-4-5-6-7-8-9-10-11-12-13-14(2)15/h14-15H,3-13H2,1-2H3. The van der Waals surface area contributed by atoms with Crippen molar-refractivity contribution in [2.45, 2.75) is 90.5 Å². The van der Waals surface area contributed by atoms with E-state index >= 15 is 0 Å². The van der Waals surface area contributed by atoms with Gasteiger partial charge in [-0.25, -0.2) is 0 Å². The third kappa shape index (κ3) is 14.0. The zero-order valence-electron chi connectivity index (χ0n) is 10.9. The molecule has 0 aromatic rings. The van der Waals surface area contributed by atoms with Crippen LogP contribution in [0, 0.1) is 0 Å². The summed E-state index contributed by atoms with van der Waals surface area (Å²) < 4.78 is 0. The normalized spacial score (nSPS) is 13.0. The lowest BCUT2D eigenvalue weighted by Gasteiger charge is -2.04. The minimum atomic E-state index is 0.152. The molecule has 0 bridgehead atoms. The van der Waals surface area contributed by atoms with Crippen LogP contribution in [0.2, 0.25) is 0 Å². The number of nitrogens with one attached hydrogen (secondary N) is 1. The summed E-state index contributed by atoms with van der Waals surface area (Å²) in [6.45, 7) is 4.26. The summed E-state index contributed by atoms with van der Waals surface area (Å²) in [4.78, 5) is 0. The Morgan fingerprint density at radius 2 is 1.13 bits per heavy atom. The molecule has 0 saturated heterocycles. The Morgan fingerprint density at radius 3 is 1.53 bits per heavy atom. The van der Waals surface area contributed by atoms with Crippen molar-refractivity contribution < 1.29 is 0 Å². The monoisotopic (exact) mass is 212 g/mol. The number of rotatable bonds is 11. The molecule has 1 nitrogen and oxygen atoms in total. The average molecular weight is 212 g/mol. The fourth-order valence-electron chi connectivity index (χ4n) is 1.94. The maximum absolute atomic E-state index is 7.39. The van der Waals surface area contributed by atoms with E-state index in [2.05, 4.69) is 6.92 Å². The van der Waals surface area contributed by atoms with Crippen LogP contribution in [-0.2, 0) is 0 Å². The van der Waals surface area contributed by atoms with E-state index in [0.717, 1.165) is 6.42 Å². The molecule has 0 heterocycles. The van der Waals surface area contributed by atoms with Crippen LogP contribution in [0.3, 0.4) is 0 Å². The van der Waals surface area contributed by atoms with Crippen molar-refractivity contribution in [2.75, 3.05) is 0 Å². The predicted molar refractivity (Wildman–Crippen MR) is 69.0 cm³/mol. The maximum atomic E-state index is 7.39. The molecule has 1 N–H and O–H groups in total. The average Bonchev–Trinajstić information content (AvgIpc) is 2.20. The highest BCUT2D eigenvalue weighted by Gasteiger charge is 1.95. The first kappa shape index (κ1) is 15.0. The zero-order valence-corrected chi connectivity index (χ0v) is 10.9. The largest absolute Gasteiger partial charge is 0.255 e. The molecule has 1 radical (unpaired) electrons. The highest BCUT2D eigenvalue weighted by Crippen LogP contribution is 2.11. The lowest BCUT2D eigenvalue weighted by Crippen LogP contribution is -2.01. The third-order valence-corrected chi connectivity index (χ3v) is 2.99. The fourth-order valence-corrected chi connectivity index (χ4v) is 1.94. The van der Waals surface area contributed by atoms with Crippen LogP contribution in [0.15, 0.2) is 0 Å². The Labute approximate surface area is 96.8 Å². The van der Waals surface area contributed by atoms with Crippen LogP contribution in [0.1, 0.15) is 84.5 Å². The first-order chi connectivity index (χ1) is 7.27. The Morgan fingerprint density at radius 1 is 0.733 bits per heavy atom. The molecule has 0 aliphatic heterocycles. The molecule has 0 aromatic carbocycles. The van der Waals surface area contributed by atoms with Gasteiger partial charge in [-0.05, 0) is 13.3 Å². The second-order valence-electron chi connectivity index (χ2n) is 4.87. The lowest BCUT2D eigenvalue weighted by atomic mass is 10.0. The summed E-state index contributed by atoms with van der Waals surface area (Å²) in [6, 6.07) is 0.152. The highest BCUT2D eigenvalue weighted by molar-refractivity contribution is 4.53. The van der Waals surface area contributed by atoms with Crippen molar-refractivity contribution >= 4 is 0 Å². The molecule has 0 rings (SSSR count). The van der Waals surface area contributed by atoms with Gasteiger partial charge in [0.1, 0.15) is 0 Å². The van der Waals surface area contributed by atoms with Crippen LogP contribution in [0.5, 0.6) is 0 Å². The van der Waals surface area contributed by atoms with Crippen molar-refractivity contribution in [1.82, 2.24) is 5.73 Å². The number of hydrogen-bond acceptors (Lipinski definition) is 0. The summed E-state index contributed by atoms with van der Waals surface area (Å²) in [5, 5.41) is 0. The zero-order chi connectivity index (χ0) is 11.4. The second kappa shape index (κ2) is 12.0. The number of unbranched alkanes of at least 4 members (excludes halogenated alkanes) is 9. The van der Waals surface area contributed by atoms with E-state index in [1.807, 2.05) is 6.92 Å². The molecular weight excluding hydrogens is 182 g/mol. The van der Waals surface area contributed by atoms with Gasteiger partial charge in [0.25, 0.3) is 0 Å². The van der Waals surface area contributed by atoms with E-state index in [1.54, 1.807) is 0 Å². The molecule has 1 atom stereocenters. The highest BCUT2D eigenvalue weighted by atomic mass is 14.6. The molecule has 0 fully saturated rings. The van der Waals surface area contributed by atoms with Gasteiger partial charge in [0.15, 0.2) is 0 Å². The summed E-state index contributed by atoms with van der Waals surface area (Å²) in [7, 11) is 0. The van der Waals surface area contributed by atoms with Gasteiger partial charge < -0.3 is 0 Å². The molecule has 1 unspecified atom stereocenters. The fraction of sp³-hybridized carbons (Fsp3) is 1.00. The van der Waals surface area contributed by atoms with Crippen LogP contribution < -0.4 is 5.73 Å². The number of hydrogen-bond donors (Lipinski definition) is 0. The van der Waals surface area contributed by atoms with Gasteiger partial charge in [-0.15, -0.1) is 0 Å². The van der Waals surface area contributed by atoms with Crippen LogP contribution >= 0.6 is 0 Å². The van der Waals surface area contributed by atoms with E-state index in [4.69, 9.17) is 5.73 Å². The SMILES string of the molecule is CCCCCCCCCCCCC(C)[NH]. The van der Waals surface area contributed by atoms with Gasteiger partial charge in [0, 0.05) is 6.04 Å². The summed E-state index contributed by atoms with van der Waals surface area (Å²) in [5.41, 5.74) is 7.39. The van der Waals surface area contributed by atoms with Crippen molar-refractivity contribution in [3.05, 3.63) is 0 Å². The molecule has 91 valence electrons. The maximum Gasteiger partial charge on any atom is 0.0184 e. The first-order valence-electron chi connectivity index (χ1n) is 6.98. The van der Waals surface area contributed by atoms with Gasteiger partial charge in [0.05, 0.1) is 0 Å². The van der Waals surface area contributed by atoms with Gasteiger partial charge in [-0.1, -0.05) is 71.1 Å². The van der Waals surface area contributed by atoms with E-state index < -0.39 is 0 Å². The van der Waals surface area contributed by atoms with Gasteiger partial charge in [-0.3, -0.25) is 5.73 Å². The van der Waals surface area contributed by atoms with E-state index in [0.29, 0.717) is 0 Å². The van der Waals surface area contributed by atoms with Gasteiger partial charge >= 0.3 is 0 Å². The topological polar surface area (TPSA) is 23.8 Å². The van der Waals surface area contributed by atoms with E-state index in [1.165, 1.54) is 64.2 Å². The Kier molecular flexibility index (Phi) is 12.0. The molecule has 15 heavy (non-hydrogen) atoms. The molecule has 0 aliphatic carbocycles.